The van der Waals surface area contributed by atoms with Crippen molar-refractivity contribution in [3.8, 4) is 0 Å². The van der Waals surface area contributed by atoms with Crippen molar-refractivity contribution < 1.29 is 9.90 Å². The molecule has 1 aromatic carbocycles. The van der Waals surface area contributed by atoms with Crippen LogP contribution in [0.4, 0.5) is 16.2 Å². The van der Waals surface area contributed by atoms with E-state index in [1.807, 2.05) is 17.0 Å². The number of piperazine rings is 1. The molecule has 0 bridgehead atoms. The van der Waals surface area contributed by atoms with Crippen molar-refractivity contribution in [1.82, 2.24) is 9.80 Å². The smallest absolute Gasteiger partial charge is 0.321 e. The summed E-state index contributed by atoms with van der Waals surface area (Å²) in [5, 5.41) is 11.9. The number of aliphatic hydroxyl groups excluding tert-OH is 1. The summed E-state index contributed by atoms with van der Waals surface area (Å²) in [6.45, 7) is 11.3. The van der Waals surface area contributed by atoms with Crippen molar-refractivity contribution in [1.29, 1.82) is 0 Å². The molecule has 0 aromatic heterocycles. The number of hydrogen-bond acceptors (Lipinski definition) is 4. The molecule has 6 heteroatoms. The third-order valence-electron chi connectivity index (χ3n) is 4.49. The first-order valence-corrected chi connectivity index (χ1v) is 8.81. The maximum atomic E-state index is 12.4. The fraction of sp³-hybridized carbons (Fsp3) is 0.611. The van der Waals surface area contributed by atoms with Gasteiger partial charge >= 0.3 is 6.03 Å². The molecule has 0 radical (unpaired) electrons. The molecule has 2 N–H and O–H groups in total. The van der Waals surface area contributed by atoms with E-state index in [1.54, 1.807) is 0 Å². The maximum Gasteiger partial charge on any atom is 0.321 e. The number of nitrogens with one attached hydrogen (secondary N) is 1. The SMILES string of the molecule is CCN(c1ccc(NC(=O)N2CCN(CCO)CC2)cc1)C(C)C. The van der Waals surface area contributed by atoms with E-state index in [2.05, 4.69) is 48.0 Å². The third-order valence-corrected chi connectivity index (χ3v) is 4.49. The molecule has 0 aliphatic carbocycles. The lowest BCUT2D eigenvalue weighted by molar-refractivity contribution is 0.127. The molecule has 2 amide bonds. The monoisotopic (exact) mass is 334 g/mol. The predicted molar refractivity (Wildman–Crippen MR) is 98.7 cm³/mol. The first-order valence-electron chi connectivity index (χ1n) is 8.81. The van der Waals surface area contributed by atoms with Crippen LogP contribution in [-0.4, -0.2) is 72.9 Å². The van der Waals surface area contributed by atoms with Gasteiger partial charge in [0.1, 0.15) is 0 Å². The van der Waals surface area contributed by atoms with E-state index < -0.39 is 0 Å². The molecule has 1 heterocycles. The van der Waals surface area contributed by atoms with Crippen LogP contribution in [0.15, 0.2) is 24.3 Å². The highest BCUT2D eigenvalue weighted by molar-refractivity contribution is 5.89. The van der Waals surface area contributed by atoms with E-state index >= 15 is 0 Å². The molecule has 134 valence electrons. The minimum absolute atomic E-state index is 0.0531. The summed E-state index contributed by atoms with van der Waals surface area (Å²) in [7, 11) is 0. The second-order valence-electron chi connectivity index (χ2n) is 6.41. The van der Waals surface area contributed by atoms with Crippen molar-refractivity contribution in [3.05, 3.63) is 24.3 Å². The Kier molecular flexibility index (Phi) is 6.87. The fourth-order valence-electron chi connectivity index (χ4n) is 3.10. The molecule has 1 saturated heterocycles. The van der Waals surface area contributed by atoms with Crippen LogP contribution in [0.25, 0.3) is 0 Å². The predicted octanol–water partition coefficient (Wildman–Crippen LogP) is 2.06. The van der Waals surface area contributed by atoms with E-state index in [-0.39, 0.29) is 12.6 Å². The van der Waals surface area contributed by atoms with E-state index in [0.29, 0.717) is 25.7 Å². The van der Waals surface area contributed by atoms with E-state index in [0.717, 1.165) is 25.3 Å². The number of carbonyl (C=O) groups is 1. The molecule has 1 aromatic rings. The number of benzene rings is 1. The number of anilines is 2. The topological polar surface area (TPSA) is 59.1 Å². The Balaban J connectivity index is 1.88. The number of nitrogens with zero attached hydrogens (tertiary/aromatic N) is 3. The number of amides is 2. The zero-order chi connectivity index (χ0) is 17.5. The van der Waals surface area contributed by atoms with Gasteiger partial charge in [0.25, 0.3) is 0 Å². The van der Waals surface area contributed by atoms with Gasteiger partial charge < -0.3 is 20.2 Å². The standard InChI is InChI=1S/C18H30N4O2/c1-4-22(15(2)3)17-7-5-16(6-8-17)19-18(24)21-11-9-20(10-12-21)13-14-23/h5-8,15,23H,4,9-14H2,1-3H3,(H,19,24). The number of hydrogen-bond donors (Lipinski definition) is 2. The highest BCUT2D eigenvalue weighted by Gasteiger charge is 2.20. The molecule has 0 atom stereocenters. The first kappa shape index (κ1) is 18.5. The zero-order valence-electron chi connectivity index (χ0n) is 15.0. The van der Waals surface area contributed by atoms with E-state index in [9.17, 15) is 4.79 Å². The Morgan fingerprint density at radius 1 is 1.21 bits per heavy atom. The molecule has 24 heavy (non-hydrogen) atoms. The molecule has 0 spiro atoms. The van der Waals surface area contributed by atoms with Crippen LogP contribution in [0.2, 0.25) is 0 Å². The average molecular weight is 334 g/mol. The molecular weight excluding hydrogens is 304 g/mol. The van der Waals surface area contributed by atoms with Gasteiger partial charge in [0.15, 0.2) is 0 Å². The molecule has 6 nitrogen and oxygen atoms in total. The summed E-state index contributed by atoms with van der Waals surface area (Å²) in [5.74, 6) is 0. The normalized spacial score (nSPS) is 15.6. The summed E-state index contributed by atoms with van der Waals surface area (Å²) in [5.41, 5.74) is 1.99. The summed E-state index contributed by atoms with van der Waals surface area (Å²) in [6, 6.07) is 8.42. The van der Waals surface area contributed by atoms with Gasteiger partial charge in [-0.05, 0) is 45.0 Å². The van der Waals surface area contributed by atoms with Gasteiger partial charge in [-0.3, -0.25) is 4.90 Å². The second-order valence-corrected chi connectivity index (χ2v) is 6.41. The quantitative estimate of drug-likeness (QED) is 0.836. The Hall–Kier alpha value is -1.79. The molecule has 0 saturated carbocycles. The van der Waals surface area contributed by atoms with Gasteiger partial charge in [-0.25, -0.2) is 4.79 Å². The van der Waals surface area contributed by atoms with Gasteiger partial charge in [0.05, 0.1) is 6.61 Å². The van der Waals surface area contributed by atoms with Crippen LogP contribution in [0.3, 0.4) is 0 Å². The third kappa shape index (κ3) is 4.85. The summed E-state index contributed by atoms with van der Waals surface area (Å²) in [4.78, 5) is 18.7. The van der Waals surface area contributed by atoms with E-state index in [4.69, 9.17) is 5.11 Å². The first-order chi connectivity index (χ1) is 11.5. The number of carbonyl (C=O) groups excluding carboxylic acids is 1. The van der Waals surface area contributed by atoms with Gasteiger partial charge in [-0.15, -0.1) is 0 Å². The van der Waals surface area contributed by atoms with Gasteiger partial charge in [-0.1, -0.05) is 0 Å². The zero-order valence-corrected chi connectivity index (χ0v) is 15.0. The Morgan fingerprint density at radius 3 is 2.33 bits per heavy atom. The van der Waals surface area contributed by atoms with Crippen molar-refractivity contribution in [2.45, 2.75) is 26.8 Å². The highest BCUT2D eigenvalue weighted by Crippen LogP contribution is 2.20. The van der Waals surface area contributed by atoms with Crippen molar-refractivity contribution in [3.63, 3.8) is 0 Å². The largest absolute Gasteiger partial charge is 0.395 e. The van der Waals surface area contributed by atoms with Crippen molar-refractivity contribution >= 4 is 17.4 Å². The van der Waals surface area contributed by atoms with Gasteiger partial charge in [0, 0.05) is 56.7 Å². The summed E-state index contributed by atoms with van der Waals surface area (Å²) in [6.07, 6.45) is 0. The Labute approximate surface area is 145 Å². The Bertz CT molecular complexity index is 510. The average Bonchev–Trinajstić information content (AvgIpc) is 2.57. The molecule has 1 aliphatic rings. The fourth-order valence-corrected chi connectivity index (χ4v) is 3.10. The van der Waals surface area contributed by atoms with Crippen LogP contribution < -0.4 is 10.2 Å². The number of aliphatic hydroxyl groups is 1. The lowest BCUT2D eigenvalue weighted by atomic mass is 10.2. The lowest BCUT2D eigenvalue weighted by Gasteiger charge is -2.34. The minimum Gasteiger partial charge on any atom is -0.395 e. The highest BCUT2D eigenvalue weighted by atomic mass is 16.3. The molecule has 1 fully saturated rings. The molecule has 2 rings (SSSR count). The van der Waals surface area contributed by atoms with Gasteiger partial charge in [0.2, 0.25) is 0 Å². The van der Waals surface area contributed by atoms with Crippen molar-refractivity contribution in [2.75, 3.05) is 56.1 Å². The van der Waals surface area contributed by atoms with Crippen LogP contribution in [0, 0.1) is 0 Å². The van der Waals surface area contributed by atoms with Crippen LogP contribution in [-0.2, 0) is 0 Å². The summed E-state index contributed by atoms with van der Waals surface area (Å²) < 4.78 is 0. The van der Waals surface area contributed by atoms with Crippen LogP contribution in [0.1, 0.15) is 20.8 Å². The number of β-amino-alcohol motifs (C(OH)–C–C–N with tert-alkyl or cyclic N) is 1. The molecule has 0 unspecified atom stereocenters. The second kappa shape index (κ2) is 8.89. The minimum atomic E-state index is -0.0531. The molecule has 1 aliphatic heterocycles. The maximum absolute atomic E-state index is 12.4. The van der Waals surface area contributed by atoms with E-state index in [1.165, 1.54) is 5.69 Å². The van der Waals surface area contributed by atoms with Crippen LogP contribution >= 0.6 is 0 Å². The summed E-state index contributed by atoms with van der Waals surface area (Å²) >= 11 is 0. The van der Waals surface area contributed by atoms with Crippen LogP contribution in [0.5, 0.6) is 0 Å². The number of rotatable bonds is 6. The lowest BCUT2D eigenvalue weighted by Crippen LogP contribution is -2.50. The number of urea groups is 1. The van der Waals surface area contributed by atoms with Gasteiger partial charge in [-0.2, -0.15) is 0 Å². The van der Waals surface area contributed by atoms with Crippen molar-refractivity contribution in [2.24, 2.45) is 0 Å². The Morgan fingerprint density at radius 2 is 1.83 bits per heavy atom. The molecular formula is C18H30N4O2.